The highest BCUT2D eigenvalue weighted by molar-refractivity contribution is 6.09. The van der Waals surface area contributed by atoms with Crippen molar-refractivity contribution < 1.29 is 10.0 Å². The van der Waals surface area contributed by atoms with Crippen LogP contribution in [-0.4, -0.2) is 17.5 Å². The molecule has 84 valence electrons. The monoisotopic (exact) mass is 220 g/mol. The van der Waals surface area contributed by atoms with E-state index in [-0.39, 0.29) is 0 Å². The summed E-state index contributed by atoms with van der Waals surface area (Å²) in [5.41, 5.74) is 10.2. The lowest BCUT2D eigenvalue weighted by molar-refractivity contribution is 0.215. The average molecular weight is 220 g/mol. The summed E-state index contributed by atoms with van der Waals surface area (Å²) in [6.07, 6.45) is 2.70. The van der Waals surface area contributed by atoms with Gasteiger partial charge >= 0.3 is 6.03 Å². The Kier molecular flexibility index (Phi) is 4.55. The molecule has 0 heterocycles. The van der Waals surface area contributed by atoms with E-state index in [4.69, 9.17) is 10.9 Å². The van der Waals surface area contributed by atoms with Crippen LogP contribution in [0.25, 0.3) is 5.57 Å². The lowest BCUT2D eigenvalue weighted by atomic mass is 10.1. The molecule has 1 aromatic carbocycles. The molecule has 0 fully saturated rings. The first-order valence-corrected chi connectivity index (χ1v) is 4.47. The van der Waals surface area contributed by atoms with Gasteiger partial charge in [0, 0.05) is 11.8 Å². The number of primary amides is 1. The molecular weight excluding hydrogens is 208 g/mol. The van der Waals surface area contributed by atoms with Gasteiger partial charge in [0.1, 0.15) is 0 Å². The standard InChI is InChI=1S/C10H12N4O2/c11-10(15)14-12-6-9(7-13-16)8-4-2-1-3-5-8/h1-7,13,16H,(H3,11,14,15)/b9-7+,12-6?. The summed E-state index contributed by atoms with van der Waals surface area (Å²) in [6, 6.07) is 8.47. The molecule has 0 atom stereocenters. The van der Waals surface area contributed by atoms with Gasteiger partial charge in [-0.25, -0.2) is 10.2 Å². The van der Waals surface area contributed by atoms with E-state index in [0.717, 1.165) is 5.56 Å². The fourth-order valence-corrected chi connectivity index (χ4v) is 1.06. The zero-order chi connectivity index (χ0) is 11.8. The fraction of sp³-hybridized carbons (Fsp3) is 0. The topological polar surface area (TPSA) is 99.7 Å². The van der Waals surface area contributed by atoms with Crippen LogP contribution in [0, 0.1) is 0 Å². The molecule has 0 bridgehead atoms. The number of rotatable bonds is 4. The lowest BCUT2D eigenvalue weighted by Gasteiger charge is -2.01. The number of nitrogens with one attached hydrogen (secondary N) is 2. The molecule has 5 N–H and O–H groups in total. The Morgan fingerprint density at radius 3 is 2.62 bits per heavy atom. The highest BCUT2D eigenvalue weighted by Crippen LogP contribution is 2.10. The molecule has 0 saturated carbocycles. The molecule has 2 amide bonds. The van der Waals surface area contributed by atoms with E-state index in [2.05, 4.69) is 10.5 Å². The summed E-state index contributed by atoms with van der Waals surface area (Å²) in [6.45, 7) is 0. The first kappa shape index (κ1) is 11.7. The minimum absolute atomic E-state index is 0.594. The second-order valence-electron chi connectivity index (χ2n) is 2.83. The number of hydrazone groups is 1. The molecule has 0 radical (unpaired) electrons. The van der Waals surface area contributed by atoms with Gasteiger partial charge in [-0.3, -0.25) is 10.7 Å². The van der Waals surface area contributed by atoms with E-state index >= 15 is 0 Å². The molecule has 0 aliphatic heterocycles. The second-order valence-corrected chi connectivity index (χ2v) is 2.83. The van der Waals surface area contributed by atoms with Crippen molar-refractivity contribution in [3.63, 3.8) is 0 Å². The number of allylic oxidation sites excluding steroid dienone is 1. The molecule has 0 aromatic heterocycles. The minimum Gasteiger partial charge on any atom is -0.350 e. The first-order chi connectivity index (χ1) is 7.74. The van der Waals surface area contributed by atoms with E-state index in [9.17, 15) is 4.79 Å². The van der Waals surface area contributed by atoms with Crippen molar-refractivity contribution in [1.82, 2.24) is 10.9 Å². The van der Waals surface area contributed by atoms with Crippen LogP contribution >= 0.6 is 0 Å². The Hall–Kier alpha value is -2.34. The smallest absolute Gasteiger partial charge is 0.332 e. The maximum absolute atomic E-state index is 10.4. The number of hydroxylamine groups is 1. The summed E-state index contributed by atoms with van der Waals surface area (Å²) < 4.78 is 0. The number of nitrogens with zero attached hydrogens (tertiary/aromatic N) is 1. The van der Waals surface area contributed by atoms with Crippen LogP contribution in [0.3, 0.4) is 0 Å². The Balaban J connectivity index is 2.81. The lowest BCUT2D eigenvalue weighted by Crippen LogP contribution is -2.24. The van der Waals surface area contributed by atoms with Gasteiger partial charge in [0.25, 0.3) is 0 Å². The number of carbonyl (C=O) groups is 1. The summed E-state index contributed by atoms with van der Waals surface area (Å²) in [4.78, 5) is 10.4. The highest BCUT2D eigenvalue weighted by Gasteiger charge is 1.97. The third kappa shape index (κ3) is 3.81. The SMILES string of the molecule is NC(=O)NN=C/C(=C\NO)c1ccccc1. The molecule has 0 aliphatic carbocycles. The van der Waals surface area contributed by atoms with Crippen LogP contribution in [-0.2, 0) is 0 Å². The average Bonchev–Trinajstić information content (AvgIpc) is 2.29. The molecule has 0 saturated heterocycles. The Morgan fingerprint density at radius 2 is 2.06 bits per heavy atom. The zero-order valence-electron chi connectivity index (χ0n) is 8.42. The van der Waals surface area contributed by atoms with Gasteiger partial charge in [-0.15, -0.1) is 0 Å². The Labute approximate surface area is 92.4 Å². The van der Waals surface area contributed by atoms with Crippen molar-refractivity contribution >= 4 is 17.8 Å². The van der Waals surface area contributed by atoms with Crippen LogP contribution < -0.4 is 16.6 Å². The van der Waals surface area contributed by atoms with Crippen LogP contribution in [0.2, 0.25) is 0 Å². The fourth-order valence-electron chi connectivity index (χ4n) is 1.06. The highest BCUT2D eigenvalue weighted by atomic mass is 16.5. The van der Waals surface area contributed by atoms with Crippen LogP contribution in [0.5, 0.6) is 0 Å². The number of benzene rings is 1. The normalized spacial score (nSPS) is 11.4. The number of amides is 2. The summed E-state index contributed by atoms with van der Waals surface area (Å²) in [7, 11) is 0. The van der Waals surface area contributed by atoms with Crippen molar-refractivity contribution in [3.8, 4) is 0 Å². The van der Waals surface area contributed by atoms with E-state index in [1.54, 1.807) is 0 Å². The number of carbonyl (C=O) groups excluding carboxylic acids is 1. The predicted octanol–water partition coefficient (Wildman–Crippen LogP) is 0.660. The van der Waals surface area contributed by atoms with Crippen LogP contribution in [0.1, 0.15) is 5.56 Å². The molecule has 0 spiro atoms. The van der Waals surface area contributed by atoms with Crippen molar-refractivity contribution in [3.05, 3.63) is 42.1 Å². The first-order valence-electron chi connectivity index (χ1n) is 4.47. The van der Waals surface area contributed by atoms with Crippen molar-refractivity contribution in [2.75, 3.05) is 0 Å². The van der Waals surface area contributed by atoms with E-state index in [1.807, 2.05) is 35.8 Å². The predicted molar refractivity (Wildman–Crippen MR) is 60.6 cm³/mol. The van der Waals surface area contributed by atoms with E-state index in [0.29, 0.717) is 5.57 Å². The summed E-state index contributed by atoms with van der Waals surface area (Å²) in [5.74, 6) is 0. The van der Waals surface area contributed by atoms with Crippen LogP contribution in [0.4, 0.5) is 4.79 Å². The maximum atomic E-state index is 10.4. The molecule has 0 unspecified atom stereocenters. The molecule has 0 aliphatic rings. The zero-order valence-corrected chi connectivity index (χ0v) is 8.42. The quantitative estimate of drug-likeness (QED) is 0.443. The molecule has 6 heteroatoms. The molecular formula is C10H12N4O2. The van der Waals surface area contributed by atoms with Crippen molar-refractivity contribution in [1.29, 1.82) is 0 Å². The summed E-state index contributed by atoms with van der Waals surface area (Å²) >= 11 is 0. The van der Waals surface area contributed by atoms with Gasteiger partial charge in [-0.1, -0.05) is 30.3 Å². The number of hydrogen-bond donors (Lipinski definition) is 4. The summed E-state index contributed by atoms with van der Waals surface area (Å²) in [5, 5.41) is 12.2. The largest absolute Gasteiger partial charge is 0.350 e. The number of urea groups is 1. The van der Waals surface area contributed by atoms with E-state index < -0.39 is 6.03 Å². The third-order valence-electron chi connectivity index (χ3n) is 1.71. The minimum atomic E-state index is -0.749. The molecule has 1 aromatic rings. The number of nitrogens with two attached hydrogens (primary N) is 1. The van der Waals surface area contributed by atoms with Crippen molar-refractivity contribution in [2.24, 2.45) is 10.8 Å². The van der Waals surface area contributed by atoms with Gasteiger partial charge in [0.15, 0.2) is 0 Å². The molecule has 6 nitrogen and oxygen atoms in total. The Morgan fingerprint density at radius 1 is 1.38 bits per heavy atom. The molecule has 16 heavy (non-hydrogen) atoms. The van der Waals surface area contributed by atoms with Gasteiger partial charge in [0.2, 0.25) is 0 Å². The van der Waals surface area contributed by atoms with Gasteiger partial charge in [-0.2, -0.15) is 5.10 Å². The van der Waals surface area contributed by atoms with Gasteiger partial charge in [0.05, 0.1) is 6.21 Å². The third-order valence-corrected chi connectivity index (χ3v) is 1.71. The number of hydrogen-bond acceptors (Lipinski definition) is 4. The maximum Gasteiger partial charge on any atom is 0.332 e. The second kappa shape index (κ2) is 6.20. The van der Waals surface area contributed by atoms with Crippen molar-refractivity contribution in [2.45, 2.75) is 0 Å². The molecule has 1 rings (SSSR count). The van der Waals surface area contributed by atoms with Gasteiger partial charge < -0.3 is 5.73 Å². The Bertz CT molecular complexity index is 401. The van der Waals surface area contributed by atoms with Crippen LogP contribution in [0.15, 0.2) is 41.6 Å². The van der Waals surface area contributed by atoms with E-state index in [1.165, 1.54) is 12.4 Å². The van der Waals surface area contributed by atoms with Gasteiger partial charge in [-0.05, 0) is 5.56 Å².